The average molecular weight is 1560 g/mol. The summed E-state index contributed by atoms with van der Waals surface area (Å²) >= 11 is 0. The molecule has 6 heterocycles. The molecule has 112 heavy (non-hydrogen) atoms. The second-order valence-electron chi connectivity index (χ2n) is 32.8. The fourth-order valence-electron chi connectivity index (χ4n) is 20.5. The number of fused-ring (bicyclic) bond motifs is 6. The maximum atomic E-state index is 13.6. The van der Waals surface area contributed by atoms with Gasteiger partial charge in [0.05, 0.1) is 52.2 Å². The van der Waals surface area contributed by atoms with Crippen LogP contribution in [0.15, 0.2) is 146 Å². The van der Waals surface area contributed by atoms with Gasteiger partial charge in [-0.3, -0.25) is 34.1 Å². The zero-order chi connectivity index (χ0) is 79.1. The fourth-order valence-corrected chi connectivity index (χ4v) is 21.3. The van der Waals surface area contributed by atoms with E-state index in [1.54, 1.807) is 68.1 Å². The molecule has 25 heteroatoms. The minimum Gasteiger partial charge on any atom is -0.462 e. The Morgan fingerprint density at radius 3 is 1.18 bits per heavy atom. The van der Waals surface area contributed by atoms with Gasteiger partial charge in [-0.15, -0.1) is 0 Å². The van der Waals surface area contributed by atoms with Crippen molar-refractivity contribution >= 4 is 58.1 Å². The molecule has 3 aliphatic heterocycles. The minimum atomic E-state index is -4.41. The number of nitrogens with zero attached hydrogens (tertiary/aromatic N) is 3. The molecule has 3 aromatic carbocycles. The molecule has 0 spiro atoms. The van der Waals surface area contributed by atoms with Gasteiger partial charge in [0, 0.05) is 84.1 Å². The SMILES string of the molecule is CNC(=O)N[C@@H]1CC[C@@H]2[C@@H](C1)C[C@H]1C(=O)O[C@H](C)[C@H]1[C@H]2/C=C/c1ccc(-c2cccc(C(F)(F)F)c2)cn1.C[C@H]1OC(=O)[C@@H]2C[C@@H]3C[C@H](NC(=O)C4CC4)CC[C@H]3[C@H](/C=C/c3ccc(-c4cccc(F)c4)cn3)[C@H]12.C[C@H]1OC(=O)[C@@H]2C[C@@H]3C[C@H](NS(C)(=O)=O)CC[C@H]3[C@H](/C=C/c3ccc(-c4cccc(C(F)(F)F)c4)cn3)[C@H]12. The number of pyridine rings is 3. The quantitative estimate of drug-likeness (QED) is 0.0452. The van der Waals surface area contributed by atoms with Gasteiger partial charge in [0.2, 0.25) is 15.9 Å². The fraction of sp³-hybridized carbons (Fsp3) is 0.494. The zero-order valence-electron chi connectivity index (χ0n) is 63.2. The van der Waals surface area contributed by atoms with Crippen LogP contribution in [0, 0.1) is 101 Å². The number of halogens is 7. The lowest BCUT2D eigenvalue weighted by atomic mass is 9.57. The second-order valence-corrected chi connectivity index (χ2v) is 34.6. The highest BCUT2D eigenvalue weighted by Gasteiger charge is 2.58. The molecule has 10 aliphatic rings. The minimum absolute atomic E-state index is 0.0452. The van der Waals surface area contributed by atoms with Crippen molar-refractivity contribution in [1.29, 1.82) is 0 Å². The third-order valence-electron chi connectivity index (χ3n) is 25.7. The molecule has 4 N–H and O–H groups in total. The number of benzene rings is 3. The van der Waals surface area contributed by atoms with Crippen molar-refractivity contribution in [2.24, 2.45) is 94.7 Å². The van der Waals surface area contributed by atoms with Crippen LogP contribution in [0.4, 0.5) is 35.5 Å². The highest BCUT2D eigenvalue weighted by Crippen LogP contribution is 2.57. The summed E-state index contributed by atoms with van der Waals surface area (Å²) in [5, 5.41) is 8.92. The number of allylic oxidation sites excluding steroid dienone is 3. The number of aromatic nitrogens is 3. The van der Waals surface area contributed by atoms with Crippen molar-refractivity contribution in [1.82, 2.24) is 35.6 Å². The van der Waals surface area contributed by atoms with E-state index >= 15 is 0 Å². The predicted octanol–water partition coefficient (Wildman–Crippen LogP) is 16.4. The van der Waals surface area contributed by atoms with Gasteiger partial charge in [0.15, 0.2) is 0 Å². The number of alkyl halides is 6. The van der Waals surface area contributed by atoms with Gasteiger partial charge in [0.25, 0.3) is 0 Å². The van der Waals surface area contributed by atoms with Gasteiger partial charge >= 0.3 is 36.3 Å². The topological polar surface area (TPSA) is 234 Å². The lowest BCUT2D eigenvalue weighted by Crippen LogP contribution is -2.49. The van der Waals surface area contributed by atoms with E-state index < -0.39 is 33.5 Å². The molecular formula is C87H96F7N7O10S. The Morgan fingerprint density at radius 1 is 0.464 bits per heavy atom. The van der Waals surface area contributed by atoms with Gasteiger partial charge in [-0.1, -0.05) is 72.8 Å². The van der Waals surface area contributed by atoms with Crippen LogP contribution in [0.2, 0.25) is 0 Å². The Balaban J connectivity index is 0.000000140. The molecule has 7 saturated carbocycles. The summed E-state index contributed by atoms with van der Waals surface area (Å²) < 4.78 is 135. The molecular weight excluding hydrogens is 1470 g/mol. The van der Waals surface area contributed by atoms with Gasteiger partial charge < -0.3 is 30.2 Å². The maximum absolute atomic E-state index is 13.6. The Kier molecular flexibility index (Phi) is 23.5. The number of ether oxygens (including phenoxy) is 3. The lowest BCUT2D eigenvalue weighted by molar-refractivity contribution is -0.145. The molecule has 6 aromatic rings. The monoisotopic (exact) mass is 1560 g/mol. The van der Waals surface area contributed by atoms with Crippen molar-refractivity contribution in [2.45, 2.75) is 159 Å². The summed E-state index contributed by atoms with van der Waals surface area (Å²) in [6.45, 7) is 5.92. The van der Waals surface area contributed by atoms with E-state index in [1.165, 1.54) is 30.5 Å². The Hall–Kier alpha value is -9.10. The van der Waals surface area contributed by atoms with Gasteiger partial charge in [0.1, 0.15) is 24.1 Å². The van der Waals surface area contributed by atoms with Crippen LogP contribution in [-0.2, 0) is 55.8 Å². The van der Waals surface area contributed by atoms with Crippen LogP contribution < -0.4 is 20.7 Å². The molecule has 0 radical (unpaired) electrons. The Morgan fingerprint density at radius 2 is 0.830 bits per heavy atom. The molecule has 21 atom stereocenters. The Labute approximate surface area is 648 Å². The highest BCUT2D eigenvalue weighted by atomic mass is 32.2. The molecule has 17 nitrogen and oxygen atoms in total. The van der Waals surface area contributed by atoms with Crippen LogP contribution in [0.1, 0.15) is 139 Å². The summed E-state index contributed by atoms with van der Waals surface area (Å²) in [6, 6.07) is 27.9. The first-order valence-electron chi connectivity index (χ1n) is 39.4. The molecule has 16 rings (SSSR count). The van der Waals surface area contributed by atoms with Crippen molar-refractivity contribution in [2.75, 3.05) is 13.3 Å². The van der Waals surface area contributed by atoms with Crippen molar-refractivity contribution in [3.8, 4) is 33.4 Å². The Bertz CT molecular complexity index is 4630. The summed E-state index contributed by atoms with van der Waals surface area (Å²) in [5.74, 6) is 2.16. The third kappa shape index (κ3) is 18.2. The van der Waals surface area contributed by atoms with Crippen LogP contribution in [0.3, 0.4) is 0 Å². The molecule has 594 valence electrons. The largest absolute Gasteiger partial charge is 0.462 e. The van der Waals surface area contributed by atoms with E-state index in [0.29, 0.717) is 76.1 Å². The van der Waals surface area contributed by atoms with Crippen molar-refractivity contribution in [3.05, 3.63) is 180 Å². The van der Waals surface area contributed by atoms with Gasteiger partial charge in [-0.2, -0.15) is 26.3 Å². The molecule has 10 fully saturated rings. The molecule has 3 aromatic heterocycles. The van der Waals surface area contributed by atoms with Crippen LogP contribution in [0.5, 0.6) is 0 Å². The van der Waals surface area contributed by atoms with E-state index in [4.69, 9.17) is 14.2 Å². The van der Waals surface area contributed by atoms with Crippen molar-refractivity contribution < 1.29 is 77.3 Å². The number of amides is 3. The average Bonchev–Trinajstić information content (AvgIpc) is 1.55. The lowest BCUT2D eigenvalue weighted by Gasteiger charge is -2.47. The number of esters is 3. The van der Waals surface area contributed by atoms with E-state index in [-0.39, 0.29) is 137 Å². The zero-order valence-corrected chi connectivity index (χ0v) is 64.0. The van der Waals surface area contributed by atoms with E-state index in [2.05, 4.69) is 59.9 Å². The highest BCUT2D eigenvalue weighted by molar-refractivity contribution is 7.88. The number of urea groups is 1. The number of hydrogen-bond donors (Lipinski definition) is 4. The van der Waals surface area contributed by atoms with Crippen molar-refractivity contribution in [3.63, 3.8) is 0 Å². The standard InChI is InChI=1S/C30H33FN2O3.C29H32F3N3O3.C28H31F3N2O4S/c1-17-28-26(12-9-23-8-7-20(16-32-23)19-3-2-4-22(31)13-19)25-11-10-24(33-29(34)18-5-6-18)14-21(25)15-27(28)30(35)36-17;1-16-26-24(23-10-9-22(35-28(37)33-2)13-19(23)14-25(26)27(36)38-16)11-8-21-7-6-18(15-34-21)17-4-3-5-20(12-17)29(30,31)32;1-16-26-24(23-10-9-22(33-38(2,35)36)13-19(23)14-25(26)27(34)37-16)11-8-21-7-6-18(15-32-21)17-4-3-5-20(12-17)28(29,30)31/h2-4,7-9,12-13,16-18,21,24-28H,5-6,10-11,14-15H2,1H3,(H,33,34);3-8,11-12,15-16,19,22-26H,9-10,13-14H2,1-2H3,(H2,33,35,37);3-8,11-12,15-16,19,22-26,33H,9-10,13-14H2,1-2H3/b12-9+;2*11-8+/t17-,21+,24-,25-,26+,27-,28+;2*16-,19+,22-,23-,24+,25-,26+/m111/s1. The predicted molar refractivity (Wildman–Crippen MR) is 408 cm³/mol. The summed E-state index contributed by atoms with van der Waals surface area (Å²) in [6.07, 6.45) is 21.5. The molecule has 3 amide bonds. The first-order valence-corrected chi connectivity index (χ1v) is 41.3. The summed E-state index contributed by atoms with van der Waals surface area (Å²) in [7, 11) is -1.71. The maximum Gasteiger partial charge on any atom is 0.416 e. The van der Waals surface area contributed by atoms with E-state index in [0.717, 1.165) is 118 Å². The number of sulfonamides is 1. The number of rotatable bonds is 14. The smallest absolute Gasteiger partial charge is 0.416 e. The van der Waals surface area contributed by atoms with Crippen LogP contribution in [-0.4, -0.2) is 103 Å². The number of carbonyl (C=O) groups is 5. The van der Waals surface area contributed by atoms with Gasteiger partial charge in [-0.05, 0) is 253 Å². The van der Waals surface area contributed by atoms with Gasteiger partial charge in [-0.25, -0.2) is 22.3 Å². The number of carbonyl (C=O) groups excluding carboxylic acids is 5. The summed E-state index contributed by atoms with van der Waals surface area (Å²) in [5.41, 5.74) is 4.59. The van der Waals surface area contributed by atoms with E-state index in [9.17, 15) is 63.1 Å². The summed E-state index contributed by atoms with van der Waals surface area (Å²) in [4.78, 5) is 75.8. The molecule has 0 bridgehead atoms. The number of cyclic esters (lactones) is 3. The first-order chi connectivity index (χ1) is 53.5. The first kappa shape index (κ1) is 79.5. The molecule has 0 unspecified atom stereocenters. The normalized spacial score (nSPS) is 32.0. The number of nitrogens with one attached hydrogen (secondary N) is 4. The molecule has 3 saturated heterocycles. The number of hydrogen-bond acceptors (Lipinski definition) is 13. The second kappa shape index (κ2) is 33.2. The third-order valence-corrected chi connectivity index (χ3v) is 26.5. The van der Waals surface area contributed by atoms with Crippen LogP contribution in [0.25, 0.3) is 51.6 Å². The molecule has 7 aliphatic carbocycles. The van der Waals surface area contributed by atoms with E-state index in [1.807, 2.05) is 51.1 Å². The van der Waals surface area contributed by atoms with Crippen LogP contribution >= 0.6 is 0 Å².